The van der Waals surface area contributed by atoms with Crippen LogP contribution in [0.3, 0.4) is 0 Å². The standard InChI is InChI=1S/C24H30N6O4/c25-13-19-23(33)27-17(11-15-7-3-1-4-8-15)21(31)29-20(14-26)24(34)28-18(22(32)30-19)12-16-9-5-2-6-10-16/h1-10,17-20H,11-14,25-26H2,(H,27,33)(H,28,34)(H,29,31)(H,30,32)/t17-,18-,19+,20+/m1/s1. The van der Waals surface area contributed by atoms with Crippen molar-refractivity contribution in [3.05, 3.63) is 71.8 Å². The molecule has 1 heterocycles. The number of amides is 4. The Morgan fingerprint density at radius 2 is 0.794 bits per heavy atom. The summed E-state index contributed by atoms with van der Waals surface area (Å²) in [6, 6.07) is 14.0. The van der Waals surface area contributed by atoms with Crippen LogP contribution in [0.2, 0.25) is 0 Å². The van der Waals surface area contributed by atoms with Crippen LogP contribution in [0.1, 0.15) is 11.1 Å². The fraction of sp³-hybridized carbons (Fsp3) is 0.333. The lowest BCUT2D eigenvalue weighted by Gasteiger charge is -2.28. The summed E-state index contributed by atoms with van der Waals surface area (Å²) in [6.07, 6.45) is 0.360. The molecule has 3 rings (SSSR count). The SMILES string of the molecule is NC[C@@H]1NC(=O)[C@@H](Cc2ccccc2)NC(=O)[C@H](CN)NC(=O)[C@@H](Cc2ccccc2)NC1=O. The highest BCUT2D eigenvalue weighted by molar-refractivity contribution is 5.97. The average molecular weight is 467 g/mol. The van der Waals surface area contributed by atoms with Crippen molar-refractivity contribution in [1.82, 2.24) is 21.3 Å². The summed E-state index contributed by atoms with van der Waals surface area (Å²) < 4.78 is 0. The maximum absolute atomic E-state index is 13.0. The van der Waals surface area contributed by atoms with Gasteiger partial charge in [-0.15, -0.1) is 0 Å². The van der Waals surface area contributed by atoms with E-state index in [-0.39, 0.29) is 25.9 Å². The molecule has 1 aliphatic heterocycles. The first-order chi connectivity index (χ1) is 16.4. The summed E-state index contributed by atoms with van der Waals surface area (Å²) in [5.74, 6) is -2.32. The minimum atomic E-state index is -1.08. The van der Waals surface area contributed by atoms with Gasteiger partial charge in [-0.2, -0.15) is 0 Å². The number of carbonyl (C=O) groups is 4. The fourth-order valence-corrected chi connectivity index (χ4v) is 3.67. The Kier molecular flexibility index (Phi) is 8.72. The molecule has 34 heavy (non-hydrogen) atoms. The van der Waals surface area contributed by atoms with Crippen LogP contribution in [0, 0.1) is 0 Å². The monoisotopic (exact) mass is 466 g/mol. The van der Waals surface area contributed by atoms with Gasteiger partial charge < -0.3 is 32.7 Å². The van der Waals surface area contributed by atoms with Gasteiger partial charge in [-0.05, 0) is 11.1 Å². The molecule has 2 aromatic rings. The van der Waals surface area contributed by atoms with Crippen molar-refractivity contribution in [2.45, 2.75) is 37.0 Å². The van der Waals surface area contributed by atoms with Crippen molar-refractivity contribution in [3.63, 3.8) is 0 Å². The Hall–Kier alpha value is -3.76. The Morgan fingerprint density at radius 3 is 1.12 bits per heavy atom. The Balaban J connectivity index is 1.88. The van der Waals surface area contributed by atoms with Gasteiger partial charge in [0.25, 0.3) is 0 Å². The molecule has 0 bridgehead atoms. The molecule has 4 atom stereocenters. The van der Waals surface area contributed by atoms with Gasteiger partial charge in [0.15, 0.2) is 0 Å². The van der Waals surface area contributed by atoms with Gasteiger partial charge in [-0.25, -0.2) is 0 Å². The highest BCUT2D eigenvalue weighted by atomic mass is 16.2. The quantitative estimate of drug-likeness (QED) is 0.298. The zero-order valence-corrected chi connectivity index (χ0v) is 18.7. The molecule has 0 spiro atoms. The van der Waals surface area contributed by atoms with Crippen LogP contribution >= 0.6 is 0 Å². The largest absolute Gasteiger partial charge is 0.342 e. The van der Waals surface area contributed by atoms with Gasteiger partial charge in [-0.1, -0.05) is 60.7 Å². The number of nitrogens with two attached hydrogens (primary N) is 2. The molecule has 0 unspecified atom stereocenters. The minimum absolute atomic E-state index is 0.180. The third-order valence-electron chi connectivity index (χ3n) is 5.57. The van der Waals surface area contributed by atoms with Crippen LogP contribution in [0.15, 0.2) is 60.7 Å². The molecule has 0 saturated carbocycles. The van der Waals surface area contributed by atoms with Gasteiger partial charge in [0, 0.05) is 25.9 Å². The summed E-state index contributed by atoms with van der Waals surface area (Å²) in [5, 5.41) is 10.5. The summed E-state index contributed by atoms with van der Waals surface area (Å²) in [4.78, 5) is 52.0. The van der Waals surface area contributed by atoms with Gasteiger partial charge in [0.1, 0.15) is 24.2 Å². The molecule has 2 aromatic carbocycles. The van der Waals surface area contributed by atoms with Crippen molar-refractivity contribution in [1.29, 1.82) is 0 Å². The zero-order valence-electron chi connectivity index (χ0n) is 18.7. The topological polar surface area (TPSA) is 168 Å². The van der Waals surface area contributed by atoms with Gasteiger partial charge >= 0.3 is 0 Å². The maximum Gasteiger partial charge on any atom is 0.244 e. The lowest BCUT2D eigenvalue weighted by atomic mass is 10.0. The summed E-state index contributed by atoms with van der Waals surface area (Å²) in [5.41, 5.74) is 13.1. The van der Waals surface area contributed by atoms with E-state index in [1.807, 2.05) is 60.7 Å². The van der Waals surface area contributed by atoms with Crippen molar-refractivity contribution in [3.8, 4) is 0 Å². The van der Waals surface area contributed by atoms with E-state index in [9.17, 15) is 19.2 Å². The second kappa shape index (κ2) is 11.9. The third-order valence-corrected chi connectivity index (χ3v) is 5.57. The Labute approximate surface area is 197 Å². The lowest BCUT2D eigenvalue weighted by molar-refractivity contribution is -0.136. The maximum atomic E-state index is 13.0. The fourth-order valence-electron chi connectivity index (χ4n) is 3.67. The van der Waals surface area contributed by atoms with Crippen molar-refractivity contribution < 1.29 is 19.2 Å². The Morgan fingerprint density at radius 1 is 0.500 bits per heavy atom. The smallest absolute Gasteiger partial charge is 0.244 e. The van der Waals surface area contributed by atoms with Crippen molar-refractivity contribution in [2.24, 2.45) is 11.5 Å². The van der Waals surface area contributed by atoms with Crippen LogP contribution in [0.25, 0.3) is 0 Å². The molecule has 1 fully saturated rings. The van der Waals surface area contributed by atoms with Crippen LogP contribution in [-0.2, 0) is 32.0 Å². The number of hydrogen-bond acceptors (Lipinski definition) is 6. The zero-order chi connectivity index (χ0) is 24.5. The molecular weight excluding hydrogens is 436 g/mol. The van der Waals surface area contributed by atoms with E-state index in [0.29, 0.717) is 0 Å². The molecule has 4 amide bonds. The number of hydrogen-bond donors (Lipinski definition) is 6. The molecule has 0 aromatic heterocycles. The lowest BCUT2D eigenvalue weighted by Crippen LogP contribution is -2.64. The predicted molar refractivity (Wildman–Crippen MR) is 126 cm³/mol. The molecule has 0 aliphatic carbocycles. The first kappa shape index (κ1) is 24.9. The second-order valence-corrected chi connectivity index (χ2v) is 8.10. The Bertz CT molecular complexity index is 920. The third kappa shape index (κ3) is 6.63. The molecular formula is C24H30N6O4. The van der Waals surface area contributed by atoms with E-state index >= 15 is 0 Å². The van der Waals surface area contributed by atoms with Crippen LogP contribution in [0.5, 0.6) is 0 Å². The van der Waals surface area contributed by atoms with E-state index in [0.717, 1.165) is 11.1 Å². The van der Waals surface area contributed by atoms with E-state index in [4.69, 9.17) is 11.5 Å². The van der Waals surface area contributed by atoms with Gasteiger partial charge in [0.2, 0.25) is 23.6 Å². The molecule has 1 aliphatic rings. The molecule has 180 valence electrons. The van der Waals surface area contributed by atoms with E-state index in [2.05, 4.69) is 21.3 Å². The summed E-state index contributed by atoms with van der Waals surface area (Å²) >= 11 is 0. The molecule has 10 heteroatoms. The summed E-state index contributed by atoms with van der Waals surface area (Å²) in [7, 11) is 0. The number of carbonyl (C=O) groups excluding carboxylic acids is 4. The average Bonchev–Trinajstić information content (AvgIpc) is 2.85. The number of nitrogens with one attached hydrogen (secondary N) is 4. The van der Waals surface area contributed by atoms with Crippen LogP contribution in [0.4, 0.5) is 0 Å². The van der Waals surface area contributed by atoms with Crippen LogP contribution < -0.4 is 32.7 Å². The molecule has 10 nitrogen and oxygen atoms in total. The number of benzene rings is 2. The normalized spacial score (nSPS) is 24.1. The minimum Gasteiger partial charge on any atom is -0.342 e. The summed E-state index contributed by atoms with van der Waals surface area (Å²) in [6.45, 7) is -0.372. The van der Waals surface area contributed by atoms with Crippen LogP contribution in [-0.4, -0.2) is 60.9 Å². The first-order valence-electron chi connectivity index (χ1n) is 11.1. The van der Waals surface area contributed by atoms with E-state index in [1.165, 1.54) is 0 Å². The van der Waals surface area contributed by atoms with Gasteiger partial charge in [0.05, 0.1) is 0 Å². The molecule has 1 saturated heterocycles. The second-order valence-electron chi connectivity index (χ2n) is 8.10. The van der Waals surface area contributed by atoms with Gasteiger partial charge in [-0.3, -0.25) is 19.2 Å². The van der Waals surface area contributed by atoms with E-state index < -0.39 is 47.8 Å². The first-order valence-corrected chi connectivity index (χ1v) is 11.1. The van der Waals surface area contributed by atoms with Crippen molar-refractivity contribution >= 4 is 23.6 Å². The predicted octanol–water partition coefficient (Wildman–Crippen LogP) is -1.66. The molecule has 8 N–H and O–H groups in total. The highest BCUT2D eigenvalue weighted by Crippen LogP contribution is 2.07. The van der Waals surface area contributed by atoms with Crippen molar-refractivity contribution in [2.75, 3.05) is 13.1 Å². The molecule has 0 radical (unpaired) electrons. The van der Waals surface area contributed by atoms with E-state index in [1.54, 1.807) is 0 Å². The number of rotatable bonds is 6. The highest BCUT2D eigenvalue weighted by Gasteiger charge is 2.33.